The molecule has 0 bridgehead atoms. The fourth-order valence-electron chi connectivity index (χ4n) is 4.24. The normalized spacial score (nSPS) is 17.6. The van der Waals surface area contributed by atoms with Crippen molar-refractivity contribution in [1.29, 1.82) is 0 Å². The van der Waals surface area contributed by atoms with Crippen LogP contribution >= 0.6 is 0 Å². The third-order valence-corrected chi connectivity index (χ3v) is 6.15. The second kappa shape index (κ2) is 9.25. The van der Waals surface area contributed by atoms with E-state index in [9.17, 15) is 19.8 Å². The highest BCUT2D eigenvalue weighted by molar-refractivity contribution is 6.46. The summed E-state index contributed by atoms with van der Waals surface area (Å²) in [4.78, 5) is 32.1. The third-order valence-electron chi connectivity index (χ3n) is 6.15. The number of likely N-dealkylation sites (tertiary alicyclic amines) is 1. The standard InChI is InChI=1S/C28H28N2O5/c1-28(2,3)19-9-12-22(35-4)21(14-19)25(32)23-24(18-7-10-20(31)11-8-18)30(27(34)26(23)33)16-17-6-5-13-29-15-17/h5-15,24,31-32H,16H2,1-4H3/b25-23+. The molecule has 180 valence electrons. The van der Waals surface area contributed by atoms with Crippen LogP contribution in [0.2, 0.25) is 0 Å². The summed E-state index contributed by atoms with van der Waals surface area (Å²) < 4.78 is 5.49. The van der Waals surface area contributed by atoms with Gasteiger partial charge in [0.15, 0.2) is 0 Å². The van der Waals surface area contributed by atoms with Gasteiger partial charge in [-0.15, -0.1) is 0 Å². The zero-order valence-corrected chi connectivity index (χ0v) is 20.1. The summed E-state index contributed by atoms with van der Waals surface area (Å²) in [6.45, 7) is 6.26. The number of phenols is 1. The third kappa shape index (κ3) is 4.62. The summed E-state index contributed by atoms with van der Waals surface area (Å²) in [5, 5.41) is 21.3. The summed E-state index contributed by atoms with van der Waals surface area (Å²) in [6.07, 6.45) is 3.26. The van der Waals surface area contributed by atoms with Gasteiger partial charge in [0.2, 0.25) is 0 Å². The maximum Gasteiger partial charge on any atom is 0.295 e. The zero-order chi connectivity index (χ0) is 25.3. The van der Waals surface area contributed by atoms with Gasteiger partial charge in [-0.1, -0.05) is 45.0 Å². The SMILES string of the molecule is COc1ccc(C(C)(C)C)cc1/C(O)=C1\C(=O)C(=O)N(Cc2cccnc2)C1c1ccc(O)cc1. The van der Waals surface area contributed by atoms with E-state index in [1.54, 1.807) is 42.7 Å². The summed E-state index contributed by atoms with van der Waals surface area (Å²) in [6, 6.07) is 14.4. The second-order valence-electron chi connectivity index (χ2n) is 9.54. The number of rotatable bonds is 5. The molecule has 1 aliphatic heterocycles. The quantitative estimate of drug-likeness (QED) is 0.317. The molecule has 1 amide bonds. The Hall–Kier alpha value is -4.13. The van der Waals surface area contributed by atoms with Crippen molar-refractivity contribution in [3.05, 3.63) is 94.8 Å². The molecule has 1 saturated heterocycles. The molecule has 1 fully saturated rings. The van der Waals surface area contributed by atoms with Crippen LogP contribution in [-0.4, -0.2) is 38.9 Å². The predicted octanol–water partition coefficient (Wildman–Crippen LogP) is 4.72. The number of Topliss-reactive ketones (excluding diaryl/α,β-unsaturated/α-hetero) is 1. The summed E-state index contributed by atoms with van der Waals surface area (Å²) >= 11 is 0. The molecular weight excluding hydrogens is 444 g/mol. The number of nitrogens with zero attached hydrogens (tertiary/aromatic N) is 2. The maximum absolute atomic E-state index is 13.3. The molecular formula is C28H28N2O5. The summed E-state index contributed by atoms with van der Waals surface area (Å²) in [5.41, 5.74) is 2.34. The topological polar surface area (TPSA) is 100.0 Å². The fraction of sp³-hybridized carbons (Fsp3) is 0.250. The van der Waals surface area contributed by atoms with Crippen LogP contribution in [0, 0.1) is 0 Å². The summed E-state index contributed by atoms with van der Waals surface area (Å²) in [7, 11) is 1.49. The minimum Gasteiger partial charge on any atom is -0.508 e. The molecule has 7 heteroatoms. The van der Waals surface area contributed by atoms with Crippen LogP contribution in [0.1, 0.15) is 49.1 Å². The number of ether oxygens (including phenoxy) is 1. The van der Waals surface area contributed by atoms with Crippen molar-refractivity contribution in [3.8, 4) is 11.5 Å². The molecule has 35 heavy (non-hydrogen) atoms. The van der Waals surface area contributed by atoms with Crippen molar-refractivity contribution in [3.63, 3.8) is 0 Å². The van der Waals surface area contributed by atoms with E-state index in [0.717, 1.165) is 11.1 Å². The Labute approximate surface area is 204 Å². The van der Waals surface area contributed by atoms with Crippen molar-refractivity contribution < 1.29 is 24.5 Å². The van der Waals surface area contributed by atoms with Gasteiger partial charge in [0.1, 0.15) is 17.3 Å². The minimum atomic E-state index is -0.862. The largest absolute Gasteiger partial charge is 0.508 e. The van der Waals surface area contributed by atoms with E-state index >= 15 is 0 Å². The van der Waals surface area contributed by atoms with Crippen LogP contribution in [0.4, 0.5) is 0 Å². The molecule has 0 aliphatic carbocycles. The molecule has 0 radical (unpaired) electrons. The van der Waals surface area contributed by atoms with Crippen LogP contribution in [-0.2, 0) is 21.5 Å². The average Bonchev–Trinajstić information content (AvgIpc) is 3.08. The molecule has 3 aromatic rings. The molecule has 1 aromatic heterocycles. The Bertz CT molecular complexity index is 1290. The Morgan fingerprint density at radius 1 is 1.09 bits per heavy atom. The molecule has 7 nitrogen and oxygen atoms in total. The number of ketones is 1. The highest BCUT2D eigenvalue weighted by Gasteiger charge is 2.46. The van der Waals surface area contributed by atoms with Gasteiger partial charge in [0.25, 0.3) is 11.7 Å². The van der Waals surface area contributed by atoms with Gasteiger partial charge >= 0.3 is 0 Å². The molecule has 2 aromatic carbocycles. The molecule has 0 spiro atoms. The van der Waals surface area contributed by atoms with Crippen molar-refractivity contribution >= 4 is 17.4 Å². The second-order valence-corrected chi connectivity index (χ2v) is 9.54. The molecule has 1 atom stereocenters. The first-order valence-corrected chi connectivity index (χ1v) is 11.3. The van der Waals surface area contributed by atoms with Gasteiger partial charge in [-0.05, 0) is 52.4 Å². The van der Waals surface area contributed by atoms with Gasteiger partial charge in [0, 0.05) is 18.9 Å². The number of phenolic OH excluding ortho intramolecular Hbond substituents is 1. The number of methoxy groups -OCH3 is 1. The Morgan fingerprint density at radius 3 is 2.40 bits per heavy atom. The average molecular weight is 473 g/mol. The smallest absolute Gasteiger partial charge is 0.295 e. The number of carbonyl (C=O) groups excluding carboxylic acids is 2. The van der Waals surface area contributed by atoms with Gasteiger partial charge in [-0.2, -0.15) is 0 Å². The fourth-order valence-corrected chi connectivity index (χ4v) is 4.24. The van der Waals surface area contributed by atoms with E-state index in [-0.39, 0.29) is 29.0 Å². The molecule has 2 N–H and O–H groups in total. The number of pyridine rings is 1. The van der Waals surface area contributed by atoms with E-state index in [0.29, 0.717) is 16.9 Å². The van der Waals surface area contributed by atoms with E-state index < -0.39 is 17.7 Å². The van der Waals surface area contributed by atoms with Crippen LogP contribution in [0.15, 0.2) is 72.6 Å². The summed E-state index contributed by atoms with van der Waals surface area (Å²) in [5.74, 6) is -1.37. The molecule has 1 aliphatic rings. The highest BCUT2D eigenvalue weighted by atomic mass is 16.5. The van der Waals surface area contributed by atoms with E-state index in [1.165, 1.54) is 24.1 Å². The zero-order valence-electron chi connectivity index (χ0n) is 20.1. The Kier molecular flexibility index (Phi) is 6.35. The van der Waals surface area contributed by atoms with Crippen molar-refractivity contribution in [2.45, 2.75) is 38.8 Å². The minimum absolute atomic E-state index is 0.0334. The first-order chi connectivity index (χ1) is 16.6. The number of amides is 1. The lowest BCUT2D eigenvalue weighted by Crippen LogP contribution is -2.29. The lowest BCUT2D eigenvalue weighted by molar-refractivity contribution is -0.140. The number of aromatic nitrogens is 1. The van der Waals surface area contributed by atoms with E-state index in [1.807, 2.05) is 32.9 Å². The van der Waals surface area contributed by atoms with Crippen molar-refractivity contribution in [2.24, 2.45) is 0 Å². The number of hydrogen-bond donors (Lipinski definition) is 2. The monoisotopic (exact) mass is 472 g/mol. The van der Waals surface area contributed by atoms with Crippen LogP contribution in [0.5, 0.6) is 11.5 Å². The Morgan fingerprint density at radius 2 is 1.80 bits per heavy atom. The highest BCUT2D eigenvalue weighted by Crippen LogP contribution is 2.42. The predicted molar refractivity (Wildman–Crippen MR) is 132 cm³/mol. The van der Waals surface area contributed by atoms with Gasteiger partial charge in [-0.3, -0.25) is 14.6 Å². The number of carbonyl (C=O) groups is 2. The lowest BCUT2D eigenvalue weighted by Gasteiger charge is -2.26. The molecule has 1 unspecified atom stereocenters. The first-order valence-electron chi connectivity index (χ1n) is 11.3. The maximum atomic E-state index is 13.3. The molecule has 2 heterocycles. The van der Waals surface area contributed by atoms with Gasteiger partial charge in [0.05, 0.1) is 24.3 Å². The number of hydrogen-bond acceptors (Lipinski definition) is 6. The van der Waals surface area contributed by atoms with Crippen LogP contribution in [0.3, 0.4) is 0 Å². The number of aliphatic hydroxyl groups excluding tert-OH is 1. The van der Waals surface area contributed by atoms with Crippen molar-refractivity contribution in [1.82, 2.24) is 9.88 Å². The number of aliphatic hydroxyl groups is 1. The number of benzene rings is 2. The van der Waals surface area contributed by atoms with E-state index in [2.05, 4.69) is 4.98 Å². The van der Waals surface area contributed by atoms with Crippen molar-refractivity contribution in [2.75, 3.05) is 7.11 Å². The van der Waals surface area contributed by atoms with E-state index in [4.69, 9.17) is 4.74 Å². The van der Waals surface area contributed by atoms with Crippen LogP contribution in [0.25, 0.3) is 5.76 Å². The van der Waals surface area contributed by atoms with Crippen LogP contribution < -0.4 is 4.74 Å². The Balaban J connectivity index is 1.92. The molecule has 4 rings (SSSR count). The lowest BCUT2D eigenvalue weighted by atomic mass is 9.85. The van der Waals surface area contributed by atoms with Gasteiger partial charge < -0.3 is 19.8 Å². The number of aromatic hydroxyl groups is 1. The molecule has 0 saturated carbocycles. The first kappa shape index (κ1) is 24.0. The van der Waals surface area contributed by atoms with Gasteiger partial charge in [-0.25, -0.2) is 0 Å².